The second-order valence-corrected chi connectivity index (χ2v) is 9.11. The van der Waals surface area contributed by atoms with Crippen LogP contribution in [0, 0.1) is 36.5 Å². The molecule has 0 bridgehead atoms. The highest BCUT2D eigenvalue weighted by atomic mass is 32.1. The van der Waals surface area contributed by atoms with Gasteiger partial charge in [0.2, 0.25) is 0 Å². The Morgan fingerprint density at radius 1 is 0.946 bits per heavy atom. The SMILES string of the molecule is CCC(=Nc1c(NCCCOC)nc(NCCCOC)c(C#N)c1C)c1sc(C(=O)OC)c(C)c1C#N. The summed E-state index contributed by atoms with van der Waals surface area (Å²) in [5.41, 5.74) is 3.15. The number of ether oxygens (including phenoxy) is 3. The average Bonchev–Trinajstić information content (AvgIpc) is 3.24. The zero-order valence-electron chi connectivity index (χ0n) is 22.3. The maximum absolute atomic E-state index is 12.3. The fourth-order valence-corrected chi connectivity index (χ4v) is 4.86. The van der Waals surface area contributed by atoms with Crippen molar-refractivity contribution in [1.29, 1.82) is 10.5 Å². The maximum Gasteiger partial charge on any atom is 0.348 e. The number of carbonyl (C=O) groups is 1. The van der Waals surface area contributed by atoms with Gasteiger partial charge in [0.1, 0.15) is 28.5 Å². The average molecular weight is 527 g/mol. The molecule has 0 aromatic carbocycles. The number of hydrogen-bond acceptors (Lipinski definition) is 11. The molecule has 198 valence electrons. The molecular formula is C26H34N6O4S. The second-order valence-electron chi connectivity index (χ2n) is 8.09. The molecule has 0 amide bonds. The molecule has 37 heavy (non-hydrogen) atoms. The zero-order chi connectivity index (χ0) is 27.4. The summed E-state index contributed by atoms with van der Waals surface area (Å²) in [6, 6.07) is 4.46. The lowest BCUT2D eigenvalue weighted by Crippen LogP contribution is -2.12. The molecule has 2 aromatic rings. The second kappa shape index (κ2) is 14.9. The van der Waals surface area contributed by atoms with Gasteiger partial charge in [0.15, 0.2) is 5.82 Å². The van der Waals surface area contributed by atoms with E-state index in [2.05, 4.69) is 22.8 Å². The van der Waals surface area contributed by atoms with Crippen LogP contribution in [0.3, 0.4) is 0 Å². The van der Waals surface area contributed by atoms with Crippen LogP contribution in [0.2, 0.25) is 0 Å². The Balaban J connectivity index is 2.66. The Morgan fingerprint density at radius 2 is 1.54 bits per heavy atom. The van der Waals surface area contributed by atoms with Crippen LogP contribution in [-0.4, -0.2) is 64.3 Å². The summed E-state index contributed by atoms with van der Waals surface area (Å²) in [5, 5.41) is 26.4. The van der Waals surface area contributed by atoms with Crippen molar-refractivity contribution in [2.45, 2.75) is 40.0 Å². The maximum atomic E-state index is 12.3. The van der Waals surface area contributed by atoms with Crippen molar-refractivity contribution < 1.29 is 19.0 Å². The van der Waals surface area contributed by atoms with Crippen LogP contribution in [-0.2, 0) is 14.2 Å². The predicted octanol–water partition coefficient (Wildman–Crippen LogP) is 4.72. The lowest BCUT2D eigenvalue weighted by atomic mass is 10.1. The number of esters is 1. The quantitative estimate of drug-likeness (QED) is 0.203. The third kappa shape index (κ3) is 7.26. The van der Waals surface area contributed by atoms with E-state index in [-0.39, 0.29) is 0 Å². The largest absolute Gasteiger partial charge is 0.465 e. The first kappa shape index (κ1) is 29.7. The van der Waals surface area contributed by atoms with Gasteiger partial charge in [-0.1, -0.05) is 6.92 Å². The van der Waals surface area contributed by atoms with Crippen LogP contribution in [0.1, 0.15) is 63.0 Å². The van der Waals surface area contributed by atoms with Gasteiger partial charge in [-0.3, -0.25) is 0 Å². The van der Waals surface area contributed by atoms with Crippen molar-refractivity contribution >= 4 is 40.3 Å². The van der Waals surface area contributed by atoms with Crippen LogP contribution in [0.5, 0.6) is 0 Å². The fourth-order valence-electron chi connectivity index (χ4n) is 3.63. The first-order valence-corrected chi connectivity index (χ1v) is 12.8. The number of anilines is 2. The highest BCUT2D eigenvalue weighted by molar-refractivity contribution is 7.16. The standard InChI is InChI=1S/C26H34N6O4S/c1-7-20(23-18(14-27)17(3)22(37-23)26(33)36-6)31-21-16(2)19(15-28)24(29-10-8-12-34-4)32-25(21)30-11-9-13-35-5/h7-13H2,1-6H3,(H2,29,30,32). The lowest BCUT2D eigenvalue weighted by molar-refractivity contribution is 0.0605. The van der Waals surface area contributed by atoms with Gasteiger partial charge in [-0.2, -0.15) is 10.5 Å². The number of nitriles is 2. The summed E-state index contributed by atoms with van der Waals surface area (Å²) < 4.78 is 15.2. The smallest absolute Gasteiger partial charge is 0.348 e. The van der Waals surface area contributed by atoms with Crippen LogP contribution in [0.25, 0.3) is 0 Å². The number of nitrogens with zero attached hydrogens (tertiary/aromatic N) is 4. The van der Waals surface area contributed by atoms with E-state index < -0.39 is 5.97 Å². The Hall–Kier alpha value is -3.51. The third-order valence-electron chi connectivity index (χ3n) is 5.64. The van der Waals surface area contributed by atoms with Crippen LogP contribution < -0.4 is 10.6 Å². The van der Waals surface area contributed by atoms with Crippen LogP contribution in [0.15, 0.2) is 4.99 Å². The van der Waals surface area contributed by atoms with E-state index in [9.17, 15) is 15.3 Å². The minimum absolute atomic E-state index is 0.372. The molecule has 0 aliphatic carbocycles. The Labute approximate surface area is 222 Å². The number of pyridine rings is 1. The number of methoxy groups -OCH3 is 3. The predicted molar refractivity (Wildman–Crippen MR) is 145 cm³/mol. The molecule has 2 aromatic heterocycles. The number of carbonyl (C=O) groups excluding carboxylic acids is 1. The molecule has 0 aliphatic heterocycles. The third-order valence-corrected chi connectivity index (χ3v) is 6.96. The van der Waals surface area contributed by atoms with Crippen molar-refractivity contribution in [3.8, 4) is 12.1 Å². The monoisotopic (exact) mass is 526 g/mol. The summed E-state index contributed by atoms with van der Waals surface area (Å²) in [6.45, 7) is 7.85. The van der Waals surface area contributed by atoms with Gasteiger partial charge < -0.3 is 24.8 Å². The van der Waals surface area contributed by atoms with Gasteiger partial charge in [0, 0.05) is 40.5 Å². The number of aromatic nitrogens is 1. The number of hydrogen-bond donors (Lipinski definition) is 2. The topological polar surface area (TPSA) is 142 Å². The van der Waals surface area contributed by atoms with Crippen molar-refractivity contribution in [2.24, 2.45) is 4.99 Å². The van der Waals surface area contributed by atoms with E-state index in [1.165, 1.54) is 18.4 Å². The minimum Gasteiger partial charge on any atom is -0.465 e. The van der Waals surface area contributed by atoms with E-state index in [4.69, 9.17) is 24.2 Å². The van der Waals surface area contributed by atoms with Gasteiger partial charge in [-0.25, -0.2) is 14.8 Å². The molecule has 0 saturated carbocycles. The highest BCUT2D eigenvalue weighted by Crippen LogP contribution is 2.36. The molecule has 10 nitrogen and oxygen atoms in total. The van der Waals surface area contributed by atoms with Gasteiger partial charge in [-0.05, 0) is 44.2 Å². The van der Waals surface area contributed by atoms with Crippen molar-refractivity contribution in [1.82, 2.24) is 4.98 Å². The summed E-state index contributed by atoms with van der Waals surface area (Å²) in [5.74, 6) is 0.502. The number of nitrogens with one attached hydrogen (secondary N) is 2. The first-order chi connectivity index (χ1) is 17.9. The molecule has 0 fully saturated rings. The van der Waals surface area contributed by atoms with Crippen LogP contribution >= 0.6 is 11.3 Å². The Bertz CT molecular complexity index is 1210. The minimum atomic E-state index is -0.491. The molecule has 0 atom stereocenters. The lowest BCUT2D eigenvalue weighted by Gasteiger charge is -2.17. The summed E-state index contributed by atoms with van der Waals surface area (Å²) >= 11 is 1.19. The van der Waals surface area contributed by atoms with Crippen molar-refractivity contribution in [3.05, 3.63) is 32.0 Å². The Kier molecular flexibility index (Phi) is 12.0. The van der Waals surface area contributed by atoms with Gasteiger partial charge in [-0.15, -0.1) is 11.3 Å². The molecule has 11 heteroatoms. The molecular weight excluding hydrogens is 492 g/mol. The Morgan fingerprint density at radius 3 is 2.05 bits per heavy atom. The molecule has 2 N–H and O–H groups in total. The molecule has 0 radical (unpaired) electrons. The first-order valence-electron chi connectivity index (χ1n) is 12.0. The number of thiophene rings is 1. The van der Waals surface area contributed by atoms with Crippen molar-refractivity contribution in [3.63, 3.8) is 0 Å². The molecule has 0 unspecified atom stereocenters. The number of aliphatic imine (C=N–C) groups is 1. The highest BCUT2D eigenvalue weighted by Gasteiger charge is 2.24. The molecule has 0 aliphatic rings. The van der Waals surface area contributed by atoms with E-state index in [0.717, 1.165) is 12.8 Å². The van der Waals surface area contributed by atoms with Gasteiger partial charge in [0.05, 0.1) is 28.8 Å². The summed E-state index contributed by atoms with van der Waals surface area (Å²) in [7, 11) is 4.60. The molecule has 0 spiro atoms. The summed E-state index contributed by atoms with van der Waals surface area (Å²) in [4.78, 5) is 22.9. The van der Waals surface area contributed by atoms with E-state index in [0.29, 0.717) is 87.8 Å². The van der Waals surface area contributed by atoms with E-state index in [1.807, 2.05) is 13.8 Å². The molecule has 2 rings (SSSR count). The van der Waals surface area contributed by atoms with Gasteiger partial charge in [0.25, 0.3) is 0 Å². The van der Waals surface area contributed by atoms with E-state index in [1.54, 1.807) is 21.1 Å². The zero-order valence-corrected chi connectivity index (χ0v) is 23.1. The molecule has 2 heterocycles. The van der Waals surface area contributed by atoms with Crippen LogP contribution in [0.4, 0.5) is 17.3 Å². The fraction of sp³-hybridized carbons (Fsp3) is 0.500. The van der Waals surface area contributed by atoms with Crippen molar-refractivity contribution in [2.75, 3.05) is 58.3 Å². The van der Waals surface area contributed by atoms with E-state index >= 15 is 0 Å². The normalized spacial score (nSPS) is 11.1. The number of rotatable bonds is 14. The molecule has 0 saturated heterocycles. The van der Waals surface area contributed by atoms with Gasteiger partial charge >= 0.3 is 5.97 Å². The summed E-state index contributed by atoms with van der Waals surface area (Å²) in [6.07, 6.45) is 2.01.